The predicted molar refractivity (Wildman–Crippen MR) is 56.7 cm³/mol. The highest BCUT2D eigenvalue weighted by Gasteiger charge is 2.35. The van der Waals surface area contributed by atoms with Crippen molar-refractivity contribution in [2.45, 2.75) is 6.92 Å². The van der Waals surface area contributed by atoms with Crippen LogP contribution >= 0.6 is 0 Å². The Morgan fingerprint density at radius 2 is 2.33 bits per heavy atom. The van der Waals surface area contributed by atoms with Gasteiger partial charge in [0.15, 0.2) is 0 Å². The Kier molecular flexibility index (Phi) is 2.58. The second kappa shape index (κ2) is 3.88. The van der Waals surface area contributed by atoms with Gasteiger partial charge >= 0.3 is 5.97 Å². The van der Waals surface area contributed by atoms with E-state index in [1.165, 1.54) is 0 Å². The monoisotopic (exact) mass is 206 g/mol. The van der Waals surface area contributed by atoms with Gasteiger partial charge in [-0.05, 0) is 18.1 Å². The van der Waals surface area contributed by atoms with Crippen LogP contribution in [0.2, 0.25) is 0 Å². The number of anilines is 1. The van der Waals surface area contributed by atoms with Gasteiger partial charge in [0, 0.05) is 19.3 Å². The maximum absolute atomic E-state index is 10.9. The molecule has 1 aliphatic heterocycles. The summed E-state index contributed by atoms with van der Waals surface area (Å²) >= 11 is 0. The molecule has 1 fully saturated rings. The SMILES string of the molecule is CC1CN(c2ccccn2)CC1C(=O)O. The van der Waals surface area contributed by atoms with Crippen molar-refractivity contribution >= 4 is 11.8 Å². The molecule has 2 rings (SSSR count). The molecule has 0 saturated carbocycles. The van der Waals surface area contributed by atoms with Crippen molar-refractivity contribution in [3.63, 3.8) is 0 Å². The molecule has 4 nitrogen and oxygen atoms in total. The van der Waals surface area contributed by atoms with E-state index in [1.54, 1.807) is 6.20 Å². The van der Waals surface area contributed by atoms with Crippen LogP contribution < -0.4 is 4.90 Å². The molecule has 1 saturated heterocycles. The van der Waals surface area contributed by atoms with Gasteiger partial charge in [0.05, 0.1) is 5.92 Å². The molecule has 0 radical (unpaired) electrons. The third-order valence-corrected chi connectivity index (χ3v) is 2.90. The van der Waals surface area contributed by atoms with E-state index in [9.17, 15) is 4.79 Å². The van der Waals surface area contributed by atoms with E-state index in [4.69, 9.17) is 5.11 Å². The Hall–Kier alpha value is -1.58. The van der Waals surface area contributed by atoms with Crippen LogP contribution in [0.15, 0.2) is 24.4 Å². The summed E-state index contributed by atoms with van der Waals surface area (Å²) in [5.74, 6) is 0.0746. The lowest BCUT2D eigenvalue weighted by Crippen LogP contribution is -2.23. The number of rotatable bonds is 2. The number of aromatic nitrogens is 1. The zero-order valence-electron chi connectivity index (χ0n) is 8.63. The van der Waals surface area contributed by atoms with Crippen LogP contribution in [0.25, 0.3) is 0 Å². The molecule has 2 heterocycles. The lowest BCUT2D eigenvalue weighted by molar-refractivity contribution is -0.142. The van der Waals surface area contributed by atoms with Gasteiger partial charge in [-0.3, -0.25) is 4.79 Å². The summed E-state index contributed by atoms with van der Waals surface area (Å²) < 4.78 is 0. The molecular formula is C11H14N2O2. The van der Waals surface area contributed by atoms with Crippen LogP contribution in [-0.4, -0.2) is 29.1 Å². The van der Waals surface area contributed by atoms with Crippen molar-refractivity contribution in [1.29, 1.82) is 0 Å². The number of carbonyl (C=O) groups is 1. The number of carboxylic acids is 1. The summed E-state index contributed by atoms with van der Waals surface area (Å²) in [6.07, 6.45) is 1.73. The summed E-state index contributed by atoms with van der Waals surface area (Å²) in [6.45, 7) is 3.31. The van der Waals surface area contributed by atoms with Crippen LogP contribution in [0.4, 0.5) is 5.82 Å². The second-order valence-corrected chi connectivity index (χ2v) is 4.01. The minimum atomic E-state index is -0.707. The molecule has 0 amide bonds. The second-order valence-electron chi connectivity index (χ2n) is 4.01. The summed E-state index contributed by atoms with van der Waals surface area (Å²) in [7, 11) is 0. The molecular weight excluding hydrogens is 192 g/mol. The summed E-state index contributed by atoms with van der Waals surface area (Å²) in [6, 6.07) is 5.69. The van der Waals surface area contributed by atoms with Gasteiger partial charge in [0.1, 0.15) is 5.82 Å². The van der Waals surface area contributed by atoms with Gasteiger partial charge < -0.3 is 10.0 Å². The number of hydrogen-bond donors (Lipinski definition) is 1. The number of hydrogen-bond acceptors (Lipinski definition) is 3. The standard InChI is InChI=1S/C11H14N2O2/c1-8-6-13(7-9(8)11(14)15)10-4-2-3-5-12-10/h2-5,8-9H,6-7H2,1H3,(H,14,15). The lowest BCUT2D eigenvalue weighted by atomic mass is 9.99. The molecule has 1 aromatic heterocycles. The fraction of sp³-hybridized carbons (Fsp3) is 0.455. The first-order valence-electron chi connectivity index (χ1n) is 5.07. The average molecular weight is 206 g/mol. The zero-order chi connectivity index (χ0) is 10.8. The van der Waals surface area contributed by atoms with Gasteiger partial charge in [-0.15, -0.1) is 0 Å². The van der Waals surface area contributed by atoms with Crippen molar-refractivity contribution < 1.29 is 9.90 Å². The van der Waals surface area contributed by atoms with Crippen LogP contribution in [0, 0.1) is 11.8 Å². The Morgan fingerprint density at radius 1 is 1.53 bits per heavy atom. The summed E-state index contributed by atoms with van der Waals surface area (Å²) in [5, 5.41) is 9.00. The van der Waals surface area contributed by atoms with E-state index < -0.39 is 5.97 Å². The number of pyridine rings is 1. The molecule has 1 aromatic rings. The Labute approximate surface area is 88.6 Å². The maximum atomic E-state index is 10.9. The van der Waals surface area contributed by atoms with E-state index in [-0.39, 0.29) is 11.8 Å². The number of carboxylic acid groups (broad SMARTS) is 1. The van der Waals surface area contributed by atoms with Crippen molar-refractivity contribution in [3.05, 3.63) is 24.4 Å². The first-order valence-corrected chi connectivity index (χ1v) is 5.07. The topological polar surface area (TPSA) is 53.4 Å². The fourth-order valence-electron chi connectivity index (χ4n) is 2.02. The van der Waals surface area contributed by atoms with Crippen molar-refractivity contribution in [1.82, 2.24) is 4.98 Å². The maximum Gasteiger partial charge on any atom is 0.308 e. The Bertz CT molecular complexity index is 353. The highest BCUT2D eigenvalue weighted by molar-refractivity contribution is 5.72. The molecule has 0 spiro atoms. The summed E-state index contributed by atoms with van der Waals surface area (Å²) in [5.41, 5.74) is 0. The van der Waals surface area contributed by atoms with Crippen LogP contribution in [-0.2, 0) is 4.79 Å². The van der Waals surface area contributed by atoms with Gasteiger partial charge in [-0.2, -0.15) is 0 Å². The third-order valence-electron chi connectivity index (χ3n) is 2.90. The fourth-order valence-corrected chi connectivity index (χ4v) is 2.02. The third kappa shape index (κ3) is 1.93. The van der Waals surface area contributed by atoms with Crippen molar-refractivity contribution in [2.24, 2.45) is 11.8 Å². The smallest absolute Gasteiger partial charge is 0.308 e. The number of nitrogens with zero attached hydrogens (tertiary/aromatic N) is 2. The molecule has 2 unspecified atom stereocenters. The van der Waals surface area contributed by atoms with Gasteiger partial charge in [0.25, 0.3) is 0 Å². The lowest BCUT2D eigenvalue weighted by Gasteiger charge is -2.16. The predicted octanol–water partition coefficient (Wildman–Crippen LogP) is 1.24. The van der Waals surface area contributed by atoms with E-state index in [0.29, 0.717) is 6.54 Å². The van der Waals surface area contributed by atoms with Gasteiger partial charge in [0.2, 0.25) is 0 Å². The molecule has 0 aliphatic carbocycles. The molecule has 15 heavy (non-hydrogen) atoms. The van der Waals surface area contributed by atoms with E-state index in [1.807, 2.05) is 30.0 Å². The molecule has 0 bridgehead atoms. The van der Waals surface area contributed by atoms with Crippen LogP contribution in [0.5, 0.6) is 0 Å². The van der Waals surface area contributed by atoms with Crippen LogP contribution in [0.3, 0.4) is 0 Å². The number of aliphatic carboxylic acids is 1. The highest BCUT2D eigenvalue weighted by atomic mass is 16.4. The quantitative estimate of drug-likeness (QED) is 0.791. The van der Waals surface area contributed by atoms with Crippen LogP contribution in [0.1, 0.15) is 6.92 Å². The molecule has 80 valence electrons. The Morgan fingerprint density at radius 3 is 2.87 bits per heavy atom. The van der Waals surface area contributed by atoms with Gasteiger partial charge in [-0.1, -0.05) is 13.0 Å². The van der Waals surface area contributed by atoms with E-state index >= 15 is 0 Å². The van der Waals surface area contributed by atoms with Gasteiger partial charge in [-0.25, -0.2) is 4.98 Å². The minimum Gasteiger partial charge on any atom is -0.481 e. The first kappa shape index (κ1) is 9.96. The minimum absolute atomic E-state index is 0.185. The molecule has 4 heteroatoms. The largest absolute Gasteiger partial charge is 0.481 e. The molecule has 2 atom stereocenters. The first-order chi connectivity index (χ1) is 7.18. The van der Waals surface area contributed by atoms with E-state index in [0.717, 1.165) is 12.4 Å². The van der Waals surface area contributed by atoms with Crippen molar-refractivity contribution in [2.75, 3.05) is 18.0 Å². The molecule has 1 N–H and O–H groups in total. The molecule has 1 aliphatic rings. The average Bonchev–Trinajstić information content (AvgIpc) is 2.62. The summed E-state index contributed by atoms with van der Waals surface area (Å²) in [4.78, 5) is 17.2. The molecule has 0 aromatic carbocycles. The normalized spacial score (nSPS) is 25.5. The Balaban J connectivity index is 2.13. The highest BCUT2D eigenvalue weighted by Crippen LogP contribution is 2.26. The zero-order valence-corrected chi connectivity index (χ0v) is 8.63. The van der Waals surface area contributed by atoms with Crippen molar-refractivity contribution in [3.8, 4) is 0 Å². The van der Waals surface area contributed by atoms with E-state index in [2.05, 4.69) is 4.98 Å².